The van der Waals surface area contributed by atoms with E-state index in [1.807, 2.05) is 0 Å². The summed E-state index contributed by atoms with van der Waals surface area (Å²) in [6.07, 6.45) is 18.7. The van der Waals surface area contributed by atoms with Crippen LogP contribution in [0.25, 0.3) is 0 Å². The standard InChI is InChI=1S/C14H31P.CHF3O3S/c1-2-3-4-5-6-7-8-9-10-11-12-13-14-15;2-1(3,4)8(5,6)7/h2-15H2,1H3;(H,5,6,7). The molecule has 0 aliphatic rings. The fourth-order valence-electron chi connectivity index (χ4n) is 1.99. The summed E-state index contributed by atoms with van der Waals surface area (Å²) in [5, 5.41) is 0. The summed E-state index contributed by atoms with van der Waals surface area (Å²) in [6, 6.07) is 0. The SMILES string of the molecule is CCCCCCCCCCCCCCP.O=S(=O)(O)C(F)(F)F. The first-order valence-electron chi connectivity index (χ1n) is 8.40. The third kappa shape index (κ3) is 20.1. The van der Waals surface area contributed by atoms with E-state index in [4.69, 9.17) is 13.0 Å². The number of rotatable bonds is 12. The molecule has 1 N–H and O–H groups in total. The van der Waals surface area contributed by atoms with Gasteiger partial charge in [0.05, 0.1) is 0 Å². The van der Waals surface area contributed by atoms with Gasteiger partial charge in [-0.1, -0.05) is 77.6 Å². The molecule has 0 saturated carbocycles. The normalized spacial score (nSPS) is 11.9. The quantitative estimate of drug-likeness (QED) is 0.197. The second kappa shape index (κ2) is 15.6. The van der Waals surface area contributed by atoms with Crippen molar-refractivity contribution in [3.05, 3.63) is 0 Å². The largest absolute Gasteiger partial charge is 0.522 e. The molecule has 0 saturated heterocycles. The van der Waals surface area contributed by atoms with Crippen molar-refractivity contribution in [2.75, 3.05) is 6.16 Å². The van der Waals surface area contributed by atoms with Gasteiger partial charge >= 0.3 is 15.6 Å². The fraction of sp³-hybridized carbons (Fsp3) is 1.00. The van der Waals surface area contributed by atoms with Crippen molar-refractivity contribution in [1.82, 2.24) is 0 Å². The second-order valence-electron chi connectivity index (χ2n) is 5.60. The Morgan fingerprint density at radius 3 is 1.26 bits per heavy atom. The van der Waals surface area contributed by atoms with E-state index in [0.717, 1.165) is 0 Å². The molecular weight excluding hydrogens is 348 g/mol. The van der Waals surface area contributed by atoms with E-state index in [1.54, 1.807) is 0 Å². The maximum absolute atomic E-state index is 10.7. The molecule has 0 bridgehead atoms. The van der Waals surface area contributed by atoms with Crippen LogP contribution in [0.3, 0.4) is 0 Å². The van der Waals surface area contributed by atoms with Gasteiger partial charge < -0.3 is 0 Å². The van der Waals surface area contributed by atoms with Gasteiger partial charge in [-0.25, -0.2) is 0 Å². The van der Waals surface area contributed by atoms with Crippen LogP contribution in [-0.2, 0) is 10.1 Å². The van der Waals surface area contributed by atoms with Crippen LogP contribution in [0.4, 0.5) is 13.2 Å². The highest BCUT2D eigenvalue weighted by atomic mass is 32.2. The highest BCUT2D eigenvalue weighted by Gasteiger charge is 2.44. The Bertz CT molecular complexity index is 334. The Balaban J connectivity index is 0. The van der Waals surface area contributed by atoms with Gasteiger partial charge in [0.1, 0.15) is 0 Å². The van der Waals surface area contributed by atoms with Crippen LogP contribution in [0.5, 0.6) is 0 Å². The maximum Gasteiger partial charge on any atom is 0.522 e. The van der Waals surface area contributed by atoms with Crippen LogP contribution >= 0.6 is 9.24 Å². The van der Waals surface area contributed by atoms with Crippen LogP contribution in [0, 0.1) is 0 Å². The average molecular weight is 380 g/mol. The second-order valence-corrected chi connectivity index (χ2v) is 7.59. The zero-order valence-corrected chi connectivity index (χ0v) is 16.0. The van der Waals surface area contributed by atoms with Crippen LogP contribution in [0.1, 0.15) is 84.0 Å². The molecule has 0 fully saturated rings. The van der Waals surface area contributed by atoms with E-state index < -0.39 is 15.6 Å². The predicted molar refractivity (Wildman–Crippen MR) is 93.3 cm³/mol. The van der Waals surface area contributed by atoms with E-state index in [-0.39, 0.29) is 0 Å². The van der Waals surface area contributed by atoms with Gasteiger partial charge in [-0.3, -0.25) is 4.55 Å². The molecule has 0 aromatic carbocycles. The van der Waals surface area contributed by atoms with Crippen LogP contribution in [-0.4, -0.2) is 24.6 Å². The molecule has 0 aromatic rings. The number of halogens is 3. The number of unbranched alkanes of at least 4 members (excludes halogenated alkanes) is 11. The molecule has 0 heterocycles. The zero-order chi connectivity index (χ0) is 18.2. The first-order chi connectivity index (χ1) is 10.7. The summed E-state index contributed by atoms with van der Waals surface area (Å²) in [5.74, 6) is 0. The lowest BCUT2D eigenvalue weighted by Crippen LogP contribution is -2.21. The molecule has 0 aromatic heterocycles. The summed E-state index contributed by atoms with van der Waals surface area (Å²) in [7, 11) is -3.03. The van der Waals surface area contributed by atoms with Gasteiger partial charge in [-0.2, -0.15) is 21.6 Å². The molecule has 8 heteroatoms. The van der Waals surface area contributed by atoms with E-state index in [9.17, 15) is 13.2 Å². The van der Waals surface area contributed by atoms with E-state index in [1.165, 1.54) is 83.2 Å². The summed E-state index contributed by atoms with van der Waals surface area (Å²) >= 11 is 0. The third-order valence-electron chi connectivity index (χ3n) is 3.35. The van der Waals surface area contributed by atoms with Gasteiger partial charge in [0.25, 0.3) is 0 Å². The Labute approximate surface area is 141 Å². The molecule has 0 rings (SSSR count). The van der Waals surface area contributed by atoms with Crippen molar-refractivity contribution in [1.29, 1.82) is 0 Å². The maximum atomic E-state index is 10.7. The van der Waals surface area contributed by atoms with Crippen LogP contribution < -0.4 is 0 Å². The lowest BCUT2D eigenvalue weighted by atomic mass is 10.1. The molecule has 0 amide bonds. The van der Waals surface area contributed by atoms with E-state index >= 15 is 0 Å². The Morgan fingerprint density at radius 2 is 1.04 bits per heavy atom. The van der Waals surface area contributed by atoms with Crippen molar-refractivity contribution in [2.24, 2.45) is 0 Å². The molecule has 142 valence electrons. The molecule has 0 aliphatic carbocycles. The minimum absolute atomic E-state index is 1.29. The average Bonchev–Trinajstić information content (AvgIpc) is 2.43. The lowest BCUT2D eigenvalue weighted by molar-refractivity contribution is -0.0510. The number of hydrogen-bond acceptors (Lipinski definition) is 2. The van der Waals surface area contributed by atoms with Gasteiger partial charge in [-0.15, -0.1) is 9.24 Å². The fourth-order valence-corrected chi connectivity index (χ4v) is 2.27. The minimum Gasteiger partial charge on any atom is -0.279 e. The lowest BCUT2D eigenvalue weighted by Gasteiger charge is -2.01. The molecular formula is C15H32F3O3PS. The summed E-state index contributed by atoms with van der Waals surface area (Å²) in [6.45, 7) is 2.29. The number of hydrogen-bond donors (Lipinski definition) is 1. The van der Waals surface area contributed by atoms with Crippen molar-refractivity contribution >= 4 is 19.4 Å². The van der Waals surface area contributed by atoms with E-state index in [2.05, 4.69) is 16.2 Å². The highest BCUT2D eigenvalue weighted by Crippen LogP contribution is 2.20. The van der Waals surface area contributed by atoms with Crippen molar-refractivity contribution in [2.45, 2.75) is 89.5 Å². The van der Waals surface area contributed by atoms with Gasteiger partial charge in [-0.05, 0) is 12.6 Å². The monoisotopic (exact) mass is 380 g/mol. The zero-order valence-electron chi connectivity index (χ0n) is 14.1. The van der Waals surface area contributed by atoms with E-state index in [0.29, 0.717) is 0 Å². The molecule has 0 radical (unpaired) electrons. The summed E-state index contributed by atoms with van der Waals surface area (Å²) in [5.41, 5.74) is -5.53. The molecule has 3 nitrogen and oxygen atoms in total. The van der Waals surface area contributed by atoms with Crippen LogP contribution in [0.2, 0.25) is 0 Å². The van der Waals surface area contributed by atoms with Gasteiger partial charge in [0.15, 0.2) is 0 Å². The predicted octanol–water partition coefficient (Wildman–Crippen LogP) is 5.96. The topological polar surface area (TPSA) is 54.4 Å². The smallest absolute Gasteiger partial charge is 0.279 e. The Hall–Kier alpha value is 0.130. The van der Waals surface area contributed by atoms with Crippen LogP contribution in [0.15, 0.2) is 0 Å². The van der Waals surface area contributed by atoms with Gasteiger partial charge in [0.2, 0.25) is 0 Å². The third-order valence-corrected chi connectivity index (χ3v) is 4.34. The minimum atomic E-state index is -5.84. The first kappa shape index (κ1) is 25.4. The summed E-state index contributed by atoms with van der Waals surface area (Å²) < 4.78 is 57.5. The number of alkyl halides is 3. The molecule has 23 heavy (non-hydrogen) atoms. The van der Waals surface area contributed by atoms with Crippen molar-refractivity contribution < 1.29 is 26.1 Å². The van der Waals surface area contributed by atoms with Gasteiger partial charge in [0, 0.05) is 0 Å². The van der Waals surface area contributed by atoms with Crippen molar-refractivity contribution in [3.63, 3.8) is 0 Å². The molecule has 0 spiro atoms. The summed E-state index contributed by atoms with van der Waals surface area (Å²) in [4.78, 5) is 0. The molecule has 1 atom stereocenters. The highest BCUT2D eigenvalue weighted by molar-refractivity contribution is 7.86. The Kier molecular flexibility index (Phi) is 17.3. The molecule has 1 unspecified atom stereocenters. The van der Waals surface area contributed by atoms with Crippen molar-refractivity contribution in [3.8, 4) is 0 Å². The first-order valence-corrected chi connectivity index (χ1v) is 10.7. The molecule has 0 aliphatic heterocycles. The Morgan fingerprint density at radius 1 is 0.783 bits per heavy atom.